The zero-order valence-corrected chi connectivity index (χ0v) is 25.8. The number of ether oxygens (including phenoxy) is 1. The van der Waals surface area contributed by atoms with E-state index < -0.39 is 17.7 Å². The highest BCUT2D eigenvalue weighted by Gasteiger charge is 2.32. The summed E-state index contributed by atoms with van der Waals surface area (Å²) < 4.78 is 7.04. The monoisotopic (exact) mass is 597 g/mol. The SMILES string of the molecule is Cc1cc2nc(-c3ccnc(-c4ccc5c(c4)N(C)CC5)c3)sc2c(-c2ccc(Cl)cc2)c1C(OC(C)(C)C)C(=O)O. The van der Waals surface area contributed by atoms with Crippen molar-refractivity contribution in [2.45, 2.75) is 45.8 Å². The molecule has 1 unspecified atom stereocenters. The molecule has 0 fully saturated rings. The fraction of sp³-hybridized carbons (Fsp3) is 0.265. The lowest BCUT2D eigenvalue weighted by Gasteiger charge is -2.28. The normalized spacial score (nSPS) is 13.9. The van der Waals surface area contributed by atoms with E-state index in [1.807, 2.05) is 70.3 Å². The molecule has 1 aliphatic heterocycles. The number of benzene rings is 3. The van der Waals surface area contributed by atoms with Crippen molar-refractivity contribution in [2.24, 2.45) is 0 Å². The van der Waals surface area contributed by atoms with Crippen LogP contribution in [-0.4, -0.2) is 40.2 Å². The molecule has 2 aromatic heterocycles. The molecule has 0 saturated heterocycles. The first-order valence-electron chi connectivity index (χ1n) is 13.9. The zero-order valence-electron chi connectivity index (χ0n) is 24.2. The van der Waals surface area contributed by atoms with E-state index in [9.17, 15) is 9.90 Å². The van der Waals surface area contributed by atoms with Crippen LogP contribution in [0.2, 0.25) is 5.02 Å². The van der Waals surface area contributed by atoms with E-state index in [0.717, 1.165) is 61.7 Å². The molecule has 3 heterocycles. The number of aliphatic carboxylic acids is 1. The number of aryl methyl sites for hydroxylation is 1. The fourth-order valence-electron chi connectivity index (χ4n) is 5.58. The van der Waals surface area contributed by atoms with Gasteiger partial charge in [0.1, 0.15) is 5.01 Å². The maximum atomic E-state index is 12.6. The number of nitrogens with zero attached hydrogens (tertiary/aromatic N) is 3. The van der Waals surface area contributed by atoms with E-state index in [1.165, 1.54) is 11.3 Å². The Labute approximate surface area is 254 Å². The highest BCUT2D eigenvalue weighted by Crippen LogP contribution is 2.44. The van der Waals surface area contributed by atoms with Crippen molar-refractivity contribution in [3.8, 4) is 33.0 Å². The molecule has 6 nitrogen and oxygen atoms in total. The highest BCUT2D eigenvalue weighted by atomic mass is 35.5. The van der Waals surface area contributed by atoms with Crippen molar-refractivity contribution >= 4 is 44.8 Å². The van der Waals surface area contributed by atoms with E-state index in [4.69, 9.17) is 21.3 Å². The third-order valence-electron chi connectivity index (χ3n) is 7.53. The molecule has 0 radical (unpaired) electrons. The molecule has 42 heavy (non-hydrogen) atoms. The second kappa shape index (κ2) is 10.8. The molecule has 0 saturated carbocycles. The van der Waals surface area contributed by atoms with Crippen LogP contribution in [0.15, 0.2) is 66.9 Å². The van der Waals surface area contributed by atoms with Gasteiger partial charge in [-0.25, -0.2) is 9.78 Å². The Kier molecular flexibility index (Phi) is 7.29. The molecule has 3 aromatic carbocycles. The molecule has 0 spiro atoms. The highest BCUT2D eigenvalue weighted by molar-refractivity contribution is 7.22. The predicted octanol–water partition coefficient (Wildman–Crippen LogP) is 8.59. The van der Waals surface area contributed by atoms with Gasteiger partial charge in [-0.2, -0.15) is 0 Å². The van der Waals surface area contributed by atoms with Crippen LogP contribution >= 0.6 is 22.9 Å². The summed E-state index contributed by atoms with van der Waals surface area (Å²) in [6.45, 7) is 8.54. The summed E-state index contributed by atoms with van der Waals surface area (Å²) in [6.07, 6.45) is 1.73. The lowest BCUT2D eigenvalue weighted by Crippen LogP contribution is -2.28. The first kappa shape index (κ1) is 28.3. The lowest BCUT2D eigenvalue weighted by atomic mass is 9.91. The number of carboxylic acids is 1. The molecule has 1 N–H and O–H groups in total. The molecule has 0 bridgehead atoms. The van der Waals surface area contributed by atoms with Crippen molar-refractivity contribution in [3.05, 3.63) is 88.6 Å². The quantitative estimate of drug-likeness (QED) is 0.211. The number of carboxylic acid groups (broad SMARTS) is 1. The summed E-state index contributed by atoms with van der Waals surface area (Å²) in [5.74, 6) is -1.04. The van der Waals surface area contributed by atoms with Crippen LogP contribution in [0.3, 0.4) is 0 Å². The molecule has 5 aromatic rings. The van der Waals surface area contributed by atoms with Gasteiger partial charge in [0.05, 0.1) is 21.5 Å². The van der Waals surface area contributed by atoms with Gasteiger partial charge < -0.3 is 14.7 Å². The largest absolute Gasteiger partial charge is 0.479 e. The van der Waals surface area contributed by atoms with Gasteiger partial charge in [-0.05, 0) is 87.2 Å². The van der Waals surface area contributed by atoms with Gasteiger partial charge in [-0.3, -0.25) is 4.98 Å². The third kappa shape index (κ3) is 5.40. The smallest absolute Gasteiger partial charge is 0.337 e. The van der Waals surface area contributed by atoms with Crippen molar-refractivity contribution < 1.29 is 14.6 Å². The van der Waals surface area contributed by atoms with Crippen LogP contribution in [0.5, 0.6) is 0 Å². The Morgan fingerprint density at radius 1 is 1.05 bits per heavy atom. The minimum Gasteiger partial charge on any atom is -0.479 e. The van der Waals surface area contributed by atoms with E-state index >= 15 is 0 Å². The number of halogens is 1. The number of fused-ring (bicyclic) bond motifs is 2. The number of hydrogen-bond acceptors (Lipinski definition) is 6. The molecule has 214 valence electrons. The first-order valence-corrected chi connectivity index (χ1v) is 15.1. The number of likely N-dealkylation sites (N-methyl/N-ethyl adjacent to an activating group) is 1. The molecule has 8 heteroatoms. The minimum atomic E-state index is -1.16. The van der Waals surface area contributed by atoms with Gasteiger partial charge in [-0.1, -0.05) is 35.9 Å². The molecule has 0 aliphatic carbocycles. The average molecular weight is 598 g/mol. The van der Waals surface area contributed by atoms with Crippen molar-refractivity contribution in [3.63, 3.8) is 0 Å². The van der Waals surface area contributed by atoms with Gasteiger partial charge >= 0.3 is 5.97 Å². The predicted molar refractivity (Wildman–Crippen MR) is 172 cm³/mol. The van der Waals surface area contributed by atoms with Crippen LogP contribution in [0.25, 0.3) is 43.2 Å². The summed E-state index contributed by atoms with van der Waals surface area (Å²) in [6, 6.07) is 20.0. The summed E-state index contributed by atoms with van der Waals surface area (Å²) >= 11 is 7.78. The Bertz CT molecular complexity index is 1830. The fourth-order valence-corrected chi connectivity index (χ4v) is 6.83. The van der Waals surface area contributed by atoms with Crippen molar-refractivity contribution in [1.82, 2.24) is 9.97 Å². The van der Waals surface area contributed by atoms with Crippen LogP contribution in [0.1, 0.15) is 43.6 Å². The van der Waals surface area contributed by atoms with Gasteiger partial charge in [0.2, 0.25) is 0 Å². The van der Waals surface area contributed by atoms with Gasteiger partial charge in [0.25, 0.3) is 0 Å². The second-order valence-corrected chi connectivity index (χ2v) is 13.2. The van der Waals surface area contributed by atoms with Gasteiger partial charge in [0.15, 0.2) is 6.10 Å². The lowest BCUT2D eigenvalue weighted by molar-refractivity contribution is -0.160. The van der Waals surface area contributed by atoms with Gasteiger partial charge in [0, 0.05) is 52.8 Å². The maximum Gasteiger partial charge on any atom is 0.337 e. The van der Waals surface area contributed by atoms with E-state index in [0.29, 0.717) is 10.6 Å². The average Bonchev–Trinajstić information content (AvgIpc) is 3.54. The minimum absolute atomic E-state index is 0.608. The summed E-state index contributed by atoms with van der Waals surface area (Å²) in [7, 11) is 2.12. The van der Waals surface area contributed by atoms with Crippen LogP contribution in [0, 0.1) is 6.92 Å². The Morgan fingerprint density at radius 2 is 1.79 bits per heavy atom. The number of pyridine rings is 1. The summed E-state index contributed by atoms with van der Waals surface area (Å²) in [4.78, 5) is 24.6. The van der Waals surface area contributed by atoms with Gasteiger partial charge in [-0.15, -0.1) is 11.3 Å². The zero-order chi connectivity index (χ0) is 29.8. The van der Waals surface area contributed by atoms with Crippen LogP contribution in [-0.2, 0) is 16.0 Å². The number of anilines is 1. The number of carbonyl (C=O) groups is 1. The number of rotatable bonds is 6. The van der Waals surface area contributed by atoms with Crippen molar-refractivity contribution in [1.29, 1.82) is 0 Å². The molecule has 1 aliphatic rings. The Balaban J connectivity index is 1.52. The third-order valence-corrected chi connectivity index (χ3v) is 8.92. The standard InChI is InChI=1S/C34H32ClN3O3S/c1-19-16-26-31(29(21-8-10-24(35)11-9-21)28(19)30(33(39)40)41-34(2,3)4)42-32(37-26)23-12-14-36-25(17-23)22-7-6-20-13-15-38(5)27(20)18-22/h6-12,14,16-18,30H,13,15H2,1-5H3,(H,39,40). The molecular formula is C34H32ClN3O3S. The molecule has 0 amide bonds. The summed E-state index contributed by atoms with van der Waals surface area (Å²) in [5.41, 5.74) is 8.75. The van der Waals surface area contributed by atoms with E-state index in [1.54, 1.807) is 11.3 Å². The Morgan fingerprint density at radius 3 is 2.50 bits per heavy atom. The van der Waals surface area contributed by atoms with E-state index in [2.05, 4.69) is 41.2 Å². The molecular weight excluding hydrogens is 566 g/mol. The molecule has 1 atom stereocenters. The molecule has 6 rings (SSSR count). The van der Waals surface area contributed by atoms with Crippen LogP contribution < -0.4 is 4.90 Å². The van der Waals surface area contributed by atoms with Crippen molar-refractivity contribution in [2.75, 3.05) is 18.5 Å². The number of thiazole rings is 1. The summed E-state index contributed by atoms with van der Waals surface area (Å²) in [5, 5.41) is 11.8. The second-order valence-electron chi connectivity index (χ2n) is 11.7. The van der Waals surface area contributed by atoms with Crippen LogP contribution in [0.4, 0.5) is 5.69 Å². The first-order chi connectivity index (χ1) is 20.0. The number of hydrogen-bond donors (Lipinski definition) is 1. The topological polar surface area (TPSA) is 75.5 Å². The maximum absolute atomic E-state index is 12.6. The number of aromatic nitrogens is 2. The van der Waals surface area contributed by atoms with E-state index in [-0.39, 0.29) is 0 Å². The Hall–Kier alpha value is -3.78.